The van der Waals surface area contributed by atoms with Crippen molar-refractivity contribution in [3.8, 4) is 0 Å². The number of aromatic amines is 1. The highest BCUT2D eigenvalue weighted by atomic mass is 32.2. The third-order valence-electron chi connectivity index (χ3n) is 2.38. The number of nitrogens with one attached hydrogen (secondary N) is 2. The maximum absolute atomic E-state index is 12.0. The zero-order valence-electron chi connectivity index (χ0n) is 10.7. The first-order chi connectivity index (χ1) is 8.42. The van der Waals surface area contributed by atoms with Gasteiger partial charge in [0.25, 0.3) is 10.0 Å². The fourth-order valence-electron chi connectivity index (χ4n) is 1.49. The lowest BCUT2D eigenvalue weighted by Crippen LogP contribution is -2.36. The molecular weight excluding hydrogens is 258 g/mol. The molecule has 18 heavy (non-hydrogen) atoms. The molecule has 0 amide bonds. The summed E-state index contributed by atoms with van der Waals surface area (Å²) in [5.74, 6) is 0. The van der Waals surface area contributed by atoms with Gasteiger partial charge in [-0.2, -0.15) is 5.10 Å². The molecule has 0 aromatic carbocycles. The van der Waals surface area contributed by atoms with Crippen molar-refractivity contribution < 1.29 is 18.3 Å². The molecule has 8 heteroatoms. The van der Waals surface area contributed by atoms with E-state index in [1.54, 1.807) is 13.8 Å². The molecule has 1 aromatic heterocycles. The molecule has 104 valence electrons. The van der Waals surface area contributed by atoms with Gasteiger partial charge in [0.2, 0.25) is 0 Å². The Morgan fingerprint density at radius 3 is 2.78 bits per heavy atom. The molecule has 0 aliphatic rings. The first kappa shape index (κ1) is 15.1. The van der Waals surface area contributed by atoms with Crippen molar-refractivity contribution in [3.63, 3.8) is 0 Å². The van der Waals surface area contributed by atoms with Crippen molar-refractivity contribution in [1.29, 1.82) is 0 Å². The van der Waals surface area contributed by atoms with Crippen LogP contribution in [0.3, 0.4) is 0 Å². The van der Waals surface area contributed by atoms with Gasteiger partial charge in [0, 0.05) is 23.9 Å². The summed E-state index contributed by atoms with van der Waals surface area (Å²) in [6.07, 6.45) is 0. The molecule has 0 saturated heterocycles. The molecule has 0 saturated carbocycles. The SMILES string of the molecule is CCOCC(C)NS(=O)(=O)c1n[nH]c(C)c1CO. The second kappa shape index (κ2) is 6.28. The number of hydrogen-bond acceptors (Lipinski definition) is 5. The van der Waals surface area contributed by atoms with Crippen LogP contribution in [-0.4, -0.2) is 43.0 Å². The molecule has 1 heterocycles. The summed E-state index contributed by atoms with van der Waals surface area (Å²) in [5.41, 5.74) is 0.821. The summed E-state index contributed by atoms with van der Waals surface area (Å²) in [4.78, 5) is 0. The number of sulfonamides is 1. The standard InChI is InChI=1S/C10H19N3O4S/c1-4-17-6-7(2)13-18(15,16)10-9(5-14)8(3)11-12-10/h7,13-14H,4-6H2,1-3H3,(H,11,12). The van der Waals surface area contributed by atoms with Gasteiger partial charge in [-0.05, 0) is 20.8 Å². The Labute approximate surface area is 107 Å². The van der Waals surface area contributed by atoms with Crippen molar-refractivity contribution in [2.24, 2.45) is 0 Å². The smallest absolute Gasteiger partial charge is 0.260 e. The summed E-state index contributed by atoms with van der Waals surface area (Å²) in [5, 5.41) is 15.3. The van der Waals surface area contributed by atoms with Crippen LogP contribution in [0, 0.1) is 6.92 Å². The van der Waals surface area contributed by atoms with E-state index in [-0.39, 0.29) is 29.8 Å². The van der Waals surface area contributed by atoms with Gasteiger partial charge in [0.1, 0.15) is 0 Å². The minimum absolute atomic E-state index is 0.161. The molecule has 3 N–H and O–H groups in total. The van der Waals surface area contributed by atoms with Crippen LogP contribution in [0.15, 0.2) is 5.03 Å². The van der Waals surface area contributed by atoms with Gasteiger partial charge < -0.3 is 9.84 Å². The Bertz CT molecular complexity index is 483. The van der Waals surface area contributed by atoms with E-state index in [0.29, 0.717) is 12.3 Å². The monoisotopic (exact) mass is 277 g/mol. The molecule has 7 nitrogen and oxygen atoms in total. The van der Waals surface area contributed by atoms with Gasteiger partial charge in [-0.3, -0.25) is 5.10 Å². The van der Waals surface area contributed by atoms with E-state index in [9.17, 15) is 8.42 Å². The molecule has 1 rings (SSSR count). The van der Waals surface area contributed by atoms with Gasteiger partial charge in [-0.25, -0.2) is 13.1 Å². The highest BCUT2D eigenvalue weighted by Gasteiger charge is 2.24. The molecule has 1 atom stereocenters. The predicted molar refractivity (Wildman–Crippen MR) is 65.5 cm³/mol. The highest BCUT2D eigenvalue weighted by molar-refractivity contribution is 7.89. The number of aromatic nitrogens is 2. The Hall–Kier alpha value is -0.960. The minimum Gasteiger partial charge on any atom is -0.392 e. The number of nitrogens with zero attached hydrogens (tertiary/aromatic N) is 1. The number of aryl methyl sites for hydroxylation is 1. The molecule has 0 spiro atoms. The van der Waals surface area contributed by atoms with Crippen LogP contribution in [0.4, 0.5) is 0 Å². The van der Waals surface area contributed by atoms with E-state index >= 15 is 0 Å². The van der Waals surface area contributed by atoms with Crippen LogP contribution in [0.1, 0.15) is 25.1 Å². The molecule has 0 aliphatic heterocycles. The van der Waals surface area contributed by atoms with Gasteiger partial charge in [-0.1, -0.05) is 0 Å². The summed E-state index contributed by atoms with van der Waals surface area (Å²) in [6, 6.07) is -0.363. The van der Waals surface area contributed by atoms with Gasteiger partial charge >= 0.3 is 0 Å². The number of aliphatic hydroxyl groups excluding tert-OH is 1. The van der Waals surface area contributed by atoms with Gasteiger partial charge in [-0.15, -0.1) is 0 Å². The Morgan fingerprint density at radius 2 is 2.22 bits per heavy atom. The third-order valence-corrected chi connectivity index (χ3v) is 3.94. The van der Waals surface area contributed by atoms with E-state index in [4.69, 9.17) is 9.84 Å². The van der Waals surface area contributed by atoms with Crippen LogP contribution < -0.4 is 4.72 Å². The average Bonchev–Trinajstić information content (AvgIpc) is 2.67. The Morgan fingerprint density at radius 1 is 1.56 bits per heavy atom. The third kappa shape index (κ3) is 3.52. The zero-order chi connectivity index (χ0) is 13.8. The summed E-state index contributed by atoms with van der Waals surface area (Å²) in [6.45, 7) is 5.62. The molecule has 0 bridgehead atoms. The van der Waals surface area contributed by atoms with Gasteiger partial charge in [0.05, 0.1) is 13.2 Å². The van der Waals surface area contributed by atoms with Crippen molar-refractivity contribution in [2.75, 3.05) is 13.2 Å². The van der Waals surface area contributed by atoms with Crippen molar-refractivity contribution in [2.45, 2.75) is 38.4 Å². The molecule has 0 aliphatic carbocycles. The largest absolute Gasteiger partial charge is 0.392 e. The molecule has 0 fully saturated rings. The summed E-state index contributed by atoms with van der Waals surface area (Å²) < 4.78 is 31.7. The van der Waals surface area contributed by atoms with E-state index in [2.05, 4.69) is 14.9 Å². The lowest BCUT2D eigenvalue weighted by Gasteiger charge is -2.13. The first-order valence-electron chi connectivity index (χ1n) is 5.67. The zero-order valence-corrected chi connectivity index (χ0v) is 11.5. The van der Waals surface area contributed by atoms with Crippen molar-refractivity contribution in [3.05, 3.63) is 11.3 Å². The van der Waals surface area contributed by atoms with Crippen molar-refractivity contribution >= 4 is 10.0 Å². The van der Waals surface area contributed by atoms with E-state index < -0.39 is 10.0 Å². The normalized spacial score (nSPS) is 13.8. The van der Waals surface area contributed by atoms with Crippen LogP contribution in [-0.2, 0) is 21.4 Å². The summed E-state index contributed by atoms with van der Waals surface area (Å²) >= 11 is 0. The Kier molecular flexibility index (Phi) is 5.27. The predicted octanol–water partition coefficient (Wildman–Crippen LogP) is -0.0863. The lowest BCUT2D eigenvalue weighted by atomic mass is 10.3. The number of aliphatic hydroxyl groups is 1. The Balaban J connectivity index is 2.86. The van der Waals surface area contributed by atoms with Crippen LogP contribution >= 0.6 is 0 Å². The topological polar surface area (TPSA) is 104 Å². The van der Waals surface area contributed by atoms with Gasteiger partial charge in [0.15, 0.2) is 5.03 Å². The van der Waals surface area contributed by atoms with Crippen LogP contribution in [0.5, 0.6) is 0 Å². The average molecular weight is 277 g/mol. The number of hydrogen-bond donors (Lipinski definition) is 3. The molecule has 0 radical (unpaired) electrons. The first-order valence-corrected chi connectivity index (χ1v) is 7.15. The molecular formula is C10H19N3O4S. The maximum atomic E-state index is 12.0. The van der Waals surface area contributed by atoms with Crippen LogP contribution in [0.2, 0.25) is 0 Å². The minimum atomic E-state index is -3.74. The van der Waals surface area contributed by atoms with E-state index in [1.807, 2.05) is 6.92 Å². The fraction of sp³-hybridized carbons (Fsp3) is 0.700. The van der Waals surface area contributed by atoms with Crippen molar-refractivity contribution in [1.82, 2.24) is 14.9 Å². The molecule has 1 aromatic rings. The lowest BCUT2D eigenvalue weighted by molar-refractivity contribution is 0.133. The number of H-pyrrole nitrogens is 1. The van der Waals surface area contributed by atoms with E-state index in [1.165, 1.54) is 0 Å². The highest BCUT2D eigenvalue weighted by Crippen LogP contribution is 2.16. The van der Waals surface area contributed by atoms with Crippen LogP contribution in [0.25, 0.3) is 0 Å². The number of ether oxygens (including phenoxy) is 1. The quantitative estimate of drug-likeness (QED) is 0.646. The second-order valence-corrected chi connectivity index (χ2v) is 5.60. The fourth-order valence-corrected chi connectivity index (χ4v) is 2.91. The molecule has 1 unspecified atom stereocenters. The second-order valence-electron chi connectivity index (χ2n) is 3.97. The maximum Gasteiger partial charge on any atom is 0.260 e. The summed E-state index contributed by atoms with van der Waals surface area (Å²) in [7, 11) is -3.74. The van der Waals surface area contributed by atoms with E-state index in [0.717, 1.165) is 0 Å². The number of rotatable bonds is 7.